The minimum Gasteiger partial charge on any atom is -0.490 e. The predicted molar refractivity (Wildman–Crippen MR) is 191 cm³/mol. The largest absolute Gasteiger partial charge is 0.490 e. The third-order valence-corrected chi connectivity index (χ3v) is 10.2. The highest BCUT2D eigenvalue weighted by molar-refractivity contribution is 7.90. The summed E-state index contributed by atoms with van der Waals surface area (Å²) in [6, 6.07) is 18.2. The molecule has 0 aliphatic carbocycles. The molecule has 0 aliphatic heterocycles. The van der Waals surface area contributed by atoms with Crippen molar-refractivity contribution in [1.29, 1.82) is 0 Å². The second-order valence-electron chi connectivity index (χ2n) is 12.1. The molecule has 47 heavy (non-hydrogen) atoms. The zero-order chi connectivity index (χ0) is 34.1. The van der Waals surface area contributed by atoms with Gasteiger partial charge in [0, 0.05) is 17.4 Å². The Morgan fingerprint density at radius 1 is 0.617 bits per heavy atom. The van der Waals surface area contributed by atoms with E-state index < -0.39 is 19.9 Å². The lowest BCUT2D eigenvalue weighted by molar-refractivity contribution is 0.258. The minimum absolute atomic E-state index is 0.0834. The quantitative estimate of drug-likeness (QED) is 0.0645. The highest BCUT2D eigenvalue weighted by Gasteiger charge is 2.18. The van der Waals surface area contributed by atoms with Crippen molar-refractivity contribution in [2.24, 2.45) is 5.10 Å². The molecule has 0 atom stereocenters. The van der Waals surface area contributed by atoms with E-state index in [2.05, 4.69) is 23.8 Å². The highest BCUT2D eigenvalue weighted by atomic mass is 32.2. The Morgan fingerprint density at radius 2 is 1.11 bits per heavy atom. The van der Waals surface area contributed by atoms with E-state index in [1.54, 1.807) is 24.3 Å². The summed E-state index contributed by atoms with van der Waals surface area (Å²) in [5, 5.41) is 4.38. The first-order valence-corrected chi connectivity index (χ1v) is 20.3. The number of hydrogen-bond acceptors (Lipinski definition) is 7. The third kappa shape index (κ3) is 13.0. The number of benzene rings is 3. The number of sulfonamides is 1. The number of aryl methyl sites for hydroxylation is 1. The van der Waals surface area contributed by atoms with Gasteiger partial charge in [-0.25, -0.2) is 8.42 Å². The number of rotatable bonds is 22. The Balaban J connectivity index is 1.92. The van der Waals surface area contributed by atoms with Crippen molar-refractivity contribution < 1.29 is 26.3 Å². The summed E-state index contributed by atoms with van der Waals surface area (Å²) >= 11 is 0. The summed E-state index contributed by atoms with van der Waals surface area (Å²) in [5.74, 6) is 1.18. The topological polar surface area (TPSA) is 111 Å². The summed E-state index contributed by atoms with van der Waals surface area (Å²) in [4.78, 5) is 2.62. The smallest absolute Gasteiger partial charge is 0.276 e. The molecule has 0 bridgehead atoms. The molecule has 1 N–H and O–H groups in total. The Bertz CT molecular complexity index is 1620. The molecule has 0 fully saturated rings. The molecule has 0 aliphatic rings. The number of hydrogen-bond donors (Lipinski definition) is 1. The Hall–Kier alpha value is -3.37. The fourth-order valence-corrected chi connectivity index (χ4v) is 6.49. The molecule has 3 aromatic rings. The Labute approximate surface area is 283 Å². The number of unbranched alkanes of at least 4 members (excludes halogenated alkanes) is 10. The lowest BCUT2D eigenvalue weighted by Crippen LogP contribution is -2.21. The molecule has 0 aromatic heterocycles. The summed E-state index contributed by atoms with van der Waals surface area (Å²) in [7, 11) is -7.40. The second kappa shape index (κ2) is 19.5. The van der Waals surface area contributed by atoms with Gasteiger partial charge in [0.15, 0.2) is 21.3 Å². The van der Waals surface area contributed by atoms with Gasteiger partial charge in [0.2, 0.25) is 0 Å². The van der Waals surface area contributed by atoms with Crippen molar-refractivity contribution in [3.8, 4) is 11.5 Å². The van der Waals surface area contributed by atoms with Gasteiger partial charge in [-0.1, -0.05) is 108 Å². The van der Waals surface area contributed by atoms with Crippen LogP contribution in [0.5, 0.6) is 11.5 Å². The summed E-state index contributed by atoms with van der Waals surface area (Å²) in [6.07, 6.45) is 14.9. The number of hydrazone groups is 1. The van der Waals surface area contributed by atoms with Gasteiger partial charge in [-0.2, -0.15) is 18.4 Å². The van der Waals surface area contributed by atoms with E-state index >= 15 is 0 Å². The lowest BCUT2D eigenvalue weighted by Gasteiger charge is -2.16. The summed E-state index contributed by atoms with van der Waals surface area (Å²) in [5.41, 5.74) is 2.37. The Morgan fingerprint density at radius 3 is 1.66 bits per heavy atom. The van der Waals surface area contributed by atoms with Crippen LogP contribution < -0.4 is 14.3 Å². The normalized spacial score (nSPS) is 12.2. The van der Waals surface area contributed by atoms with Crippen LogP contribution in [-0.4, -0.2) is 42.0 Å². The van der Waals surface area contributed by atoms with Crippen molar-refractivity contribution >= 4 is 25.6 Å². The van der Waals surface area contributed by atoms with E-state index in [9.17, 15) is 16.8 Å². The zero-order valence-corrected chi connectivity index (χ0v) is 30.1. The van der Waals surface area contributed by atoms with Gasteiger partial charge in [-0.15, -0.1) is 0 Å². The van der Waals surface area contributed by atoms with E-state index in [-0.39, 0.29) is 9.79 Å². The molecule has 8 nitrogen and oxygen atoms in total. The van der Waals surface area contributed by atoms with Gasteiger partial charge in [0.25, 0.3) is 10.0 Å². The van der Waals surface area contributed by atoms with E-state index in [1.807, 2.05) is 25.1 Å². The average Bonchev–Trinajstić information content (AvgIpc) is 3.04. The molecule has 10 heteroatoms. The van der Waals surface area contributed by atoms with Crippen molar-refractivity contribution in [1.82, 2.24) is 4.83 Å². The van der Waals surface area contributed by atoms with Crippen molar-refractivity contribution in [3.63, 3.8) is 0 Å². The maximum atomic E-state index is 13.2. The van der Waals surface area contributed by atoms with Crippen molar-refractivity contribution in [2.45, 2.75) is 108 Å². The van der Waals surface area contributed by atoms with Gasteiger partial charge >= 0.3 is 0 Å². The van der Waals surface area contributed by atoms with Crippen molar-refractivity contribution in [2.75, 3.05) is 19.5 Å². The van der Waals surface area contributed by atoms with Gasteiger partial charge in [0.1, 0.15) is 0 Å². The molecular weight excluding hydrogens is 633 g/mol. The van der Waals surface area contributed by atoms with Crippen LogP contribution >= 0.6 is 0 Å². The molecular formula is C37H52N2O6S2. The molecule has 3 rings (SSSR count). The average molecular weight is 685 g/mol. The van der Waals surface area contributed by atoms with Crippen molar-refractivity contribution in [3.05, 3.63) is 83.4 Å². The maximum absolute atomic E-state index is 13.2. The predicted octanol–water partition coefficient (Wildman–Crippen LogP) is 8.61. The van der Waals surface area contributed by atoms with E-state index in [1.165, 1.54) is 75.6 Å². The highest BCUT2D eigenvalue weighted by Crippen LogP contribution is 2.31. The number of ether oxygens (including phenoxy) is 2. The zero-order valence-electron chi connectivity index (χ0n) is 28.5. The molecule has 0 saturated carbocycles. The van der Waals surface area contributed by atoms with Crippen LogP contribution in [0, 0.1) is 6.92 Å². The van der Waals surface area contributed by atoms with Gasteiger partial charge < -0.3 is 9.47 Å². The van der Waals surface area contributed by atoms with Crippen LogP contribution in [0.2, 0.25) is 0 Å². The summed E-state index contributed by atoms with van der Waals surface area (Å²) in [6.45, 7) is 7.39. The van der Waals surface area contributed by atoms with Gasteiger partial charge in [0.05, 0.1) is 28.7 Å². The van der Waals surface area contributed by atoms with Gasteiger partial charge in [-0.05, 0) is 62.2 Å². The fourth-order valence-electron chi connectivity index (χ4n) is 5.05. The molecule has 0 saturated heterocycles. The van der Waals surface area contributed by atoms with E-state index in [0.29, 0.717) is 41.6 Å². The monoisotopic (exact) mass is 684 g/mol. The van der Waals surface area contributed by atoms with Crippen LogP contribution in [0.25, 0.3) is 0 Å². The standard InChI is InChI=1S/C37H52N2O6S2/c1-5-7-9-11-13-15-27-44-35-26-21-32(29-36(35)45-28-16-14-12-10-8-6-2)37(31-19-24-33(25-20-31)46(4,40)41)38-39-47(42,43)34-22-17-30(3)18-23-34/h17-26,29,39H,5-16,27-28H2,1-4H3. The molecule has 0 radical (unpaired) electrons. The molecule has 0 unspecified atom stereocenters. The first-order valence-electron chi connectivity index (χ1n) is 16.9. The molecule has 0 heterocycles. The molecule has 3 aromatic carbocycles. The molecule has 0 spiro atoms. The molecule has 258 valence electrons. The first kappa shape index (κ1) is 38.1. The van der Waals surface area contributed by atoms with Crippen LogP contribution in [0.3, 0.4) is 0 Å². The lowest BCUT2D eigenvalue weighted by atomic mass is 10.0. The third-order valence-electron chi connectivity index (χ3n) is 7.89. The second-order valence-corrected chi connectivity index (χ2v) is 15.7. The minimum atomic E-state index is -3.98. The van der Waals surface area contributed by atoms with E-state index in [0.717, 1.165) is 37.5 Å². The van der Waals surface area contributed by atoms with Crippen LogP contribution in [-0.2, 0) is 19.9 Å². The van der Waals surface area contributed by atoms with Gasteiger partial charge in [-0.3, -0.25) is 0 Å². The number of nitrogens with zero attached hydrogens (tertiary/aromatic N) is 1. The first-order chi connectivity index (χ1) is 22.5. The van der Waals surface area contributed by atoms with Crippen LogP contribution in [0.15, 0.2) is 81.6 Å². The van der Waals surface area contributed by atoms with E-state index in [4.69, 9.17) is 9.47 Å². The number of sulfone groups is 1. The van der Waals surface area contributed by atoms with Crippen LogP contribution in [0.4, 0.5) is 0 Å². The van der Waals surface area contributed by atoms with Crippen LogP contribution in [0.1, 0.15) is 108 Å². The summed E-state index contributed by atoms with van der Waals surface area (Å²) < 4.78 is 63.1. The molecule has 0 amide bonds. The SMILES string of the molecule is CCCCCCCCOc1ccc(C(=NNS(=O)(=O)c2ccc(C)cc2)c2ccc(S(C)(=O)=O)cc2)cc1OCCCCCCCC. The fraction of sp³-hybridized carbons (Fsp3) is 0.486. The maximum Gasteiger partial charge on any atom is 0.276 e. The Kier molecular flexibility index (Phi) is 15.8. The number of nitrogens with one attached hydrogen (secondary N) is 1.